The summed E-state index contributed by atoms with van der Waals surface area (Å²) in [6.07, 6.45) is 0.806. The molecule has 3 aromatic rings. The molecule has 1 amide bonds. The molecule has 0 aliphatic heterocycles. The zero-order valence-corrected chi connectivity index (χ0v) is 16.4. The lowest BCUT2D eigenvalue weighted by Crippen LogP contribution is -2.33. The van der Waals surface area contributed by atoms with Gasteiger partial charge in [-0.15, -0.1) is 0 Å². The van der Waals surface area contributed by atoms with Gasteiger partial charge in [-0.3, -0.25) is 9.59 Å². The lowest BCUT2D eigenvalue weighted by atomic mass is 10.1. The third-order valence-corrected chi connectivity index (χ3v) is 4.83. The highest BCUT2D eigenvalue weighted by Crippen LogP contribution is 2.16. The standard InChI is InChI=1S/C21H22ClN3O2/c1-4-9-25(21(27)15-6-5-13(2)14(3)10-15)12-19-23-18-11-16(22)7-8-17(18)20(26)24-19/h5-8,10-11H,4,9,12H2,1-3H3,(H,23,24,26). The van der Waals surface area contributed by atoms with Gasteiger partial charge in [-0.25, -0.2) is 4.98 Å². The van der Waals surface area contributed by atoms with E-state index in [9.17, 15) is 9.59 Å². The predicted molar refractivity (Wildman–Crippen MR) is 108 cm³/mol. The zero-order chi connectivity index (χ0) is 19.6. The van der Waals surface area contributed by atoms with Crippen LogP contribution in [0.5, 0.6) is 0 Å². The van der Waals surface area contributed by atoms with Crippen molar-refractivity contribution in [2.45, 2.75) is 33.7 Å². The predicted octanol–water partition coefficient (Wildman–Crippen LogP) is 4.25. The van der Waals surface area contributed by atoms with E-state index in [1.54, 1.807) is 23.1 Å². The highest BCUT2D eigenvalue weighted by molar-refractivity contribution is 6.31. The van der Waals surface area contributed by atoms with Gasteiger partial charge in [-0.1, -0.05) is 24.6 Å². The smallest absolute Gasteiger partial charge is 0.258 e. The molecule has 0 saturated heterocycles. The summed E-state index contributed by atoms with van der Waals surface area (Å²) < 4.78 is 0. The normalized spacial score (nSPS) is 11.0. The molecule has 1 heterocycles. The SMILES string of the molecule is CCCN(Cc1nc2cc(Cl)ccc2c(=O)[nH]1)C(=O)c1ccc(C)c(C)c1. The molecule has 0 bridgehead atoms. The maximum Gasteiger partial charge on any atom is 0.258 e. The first-order chi connectivity index (χ1) is 12.9. The Hall–Kier alpha value is -2.66. The summed E-state index contributed by atoms with van der Waals surface area (Å²) in [6, 6.07) is 10.7. The first kappa shape index (κ1) is 19.1. The number of nitrogens with zero attached hydrogens (tertiary/aromatic N) is 2. The summed E-state index contributed by atoms with van der Waals surface area (Å²) in [5.74, 6) is 0.370. The Labute approximate surface area is 163 Å². The van der Waals surface area contributed by atoms with Gasteiger partial charge in [-0.2, -0.15) is 0 Å². The maximum absolute atomic E-state index is 13.0. The molecule has 6 heteroatoms. The van der Waals surface area contributed by atoms with Crippen LogP contribution >= 0.6 is 11.6 Å². The van der Waals surface area contributed by atoms with Gasteiger partial charge in [0.1, 0.15) is 5.82 Å². The topological polar surface area (TPSA) is 66.1 Å². The number of nitrogens with one attached hydrogen (secondary N) is 1. The van der Waals surface area contributed by atoms with Gasteiger partial charge in [0, 0.05) is 17.1 Å². The molecule has 1 N–H and O–H groups in total. The Morgan fingerprint density at radius 2 is 1.93 bits per heavy atom. The van der Waals surface area contributed by atoms with E-state index in [1.807, 2.05) is 39.0 Å². The van der Waals surface area contributed by atoms with E-state index in [0.717, 1.165) is 17.5 Å². The van der Waals surface area contributed by atoms with Crippen LogP contribution in [0.4, 0.5) is 0 Å². The number of aromatic nitrogens is 2. The summed E-state index contributed by atoms with van der Waals surface area (Å²) in [4.78, 5) is 34.3. The number of carbonyl (C=O) groups is 1. The minimum Gasteiger partial charge on any atom is -0.331 e. The molecule has 0 aliphatic carbocycles. The molecule has 0 unspecified atom stereocenters. The van der Waals surface area contributed by atoms with Crippen molar-refractivity contribution in [1.82, 2.24) is 14.9 Å². The van der Waals surface area contributed by atoms with Crippen LogP contribution < -0.4 is 5.56 Å². The second-order valence-corrected chi connectivity index (χ2v) is 7.14. The summed E-state index contributed by atoms with van der Waals surface area (Å²) in [5.41, 5.74) is 3.14. The molecule has 27 heavy (non-hydrogen) atoms. The average Bonchev–Trinajstić information content (AvgIpc) is 2.62. The number of halogens is 1. The Bertz CT molecular complexity index is 1060. The number of fused-ring (bicyclic) bond motifs is 1. The highest BCUT2D eigenvalue weighted by Gasteiger charge is 2.17. The van der Waals surface area contributed by atoms with E-state index >= 15 is 0 Å². The number of benzene rings is 2. The van der Waals surface area contributed by atoms with E-state index in [2.05, 4.69) is 9.97 Å². The zero-order valence-electron chi connectivity index (χ0n) is 15.7. The van der Waals surface area contributed by atoms with E-state index in [1.165, 1.54) is 0 Å². The molecule has 0 spiro atoms. The van der Waals surface area contributed by atoms with Gasteiger partial charge in [0.05, 0.1) is 17.4 Å². The fourth-order valence-corrected chi connectivity index (χ4v) is 3.16. The monoisotopic (exact) mass is 383 g/mol. The van der Waals surface area contributed by atoms with Crippen molar-refractivity contribution >= 4 is 28.4 Å². The maximum atomic E-state index is 13.0. The number of carbonyl (C=O) groups excluding carboxylic acids is 1. The van der Waals surface area contributed by atoms with Crippen LogP contribution in [-0.4, -0.2) is 27.3 Å². The summed E-state index contributed by atoms with van der Waals surface area (Å²) >= 11 is 6.02. The van der Waals surface area contributed by atoms with Crippen LogP contribution in [0.25, 0.3) is 10.9 Å². The molecule has 0 fully saturated rings. The number of rotatable bonds is 5. The summed E-state index contributed by atoms with van der Waals surface area (Å²) in [7, 11) is 0. The average molecular weight is 384 g/mol. The molecule has 2 aromatic carbocycles. The first-order valence-corrected chi connectivity index (χ1v) is 9.32. The second kappa shape index (κ2) is 7.92. The third kappa shape index (κ3) is 4.19. The molecule has 0 aliphatic rings. The number of aromatic amines is 1. The summed E-state index contributed by atoms with van der Waals surface area (Å²) in [5, 5.41) is 0.994. The largest absolute Gasteiger partial charge is 0.331 e. The van der Waals surface area contributed by atoms with Crippen LogP contribution in [0.3, 0.4) is 0 Å². The third-order valence-electron chi connectivity index (χ3n) is 4.59. The molecule has 140 valence electrons. The molecule has 0 atom stereocenters. The van der Waals surface area contributed by atoms with Gasteiger partial charge >= 0.3 is 0 Å². The lowest BCUT2D eigenvalue weighted by Gasteiger charge is -2.22. The first-order valence-electron chi connectivity index (χ1n) is 8.94. The Kier molecular flexibility index (Phi) is 5.61. The molecule has 0 saturated carbocycles. The molecule has 5 nitrogen and oxygen atoms in total. The van der Waals surface area contributed by atoms with Gasteiger partial charge in [0.25, 0.3) is 11.5 Å². The number of H-pyrrole nitrogens is 1. The molecular formula is C21H22ClN3O2. The van der Waals surface area contributed by atoms with Gasteiger partial charge in [-0.05, 0) is 61.7 Å². The van der Waals surface area contributed by atoms with Crippen molar-refractivity contribution in [3.63, 3.8) is 0 Å². The van der Waals surface area contributed by atoms with Gasteiger partial charge in [0.15, 0.2) is 0 Å². The molecule has 1 aromatic heterocycles. The van der Waals surface area contributed by atoms with Crippen LogP contribution in [0.1, 0.15) is 40.7 Å². The quantitative estimate of drug-likeness (QED) is 0.716. The number of hydrogen-bond donors (Lipinski definition) is 1. The fourth-order valence-electron chi connectivity index (χ4n) is 3.00. The number of amides is 1. The molecule has 3 rings (SSSR count). The fraction of sp³-hybridized carbons (Fsp3) is 0.286. The Morgan fingerprint density at radius 1 is 1.15 bits per heavy atom. The highest BCUT2D eigenvalue weighted by atomic mass is 35.5. The van der Waals surface area contributed by atoms with Crippen LogP contribution in [0.2, 0.25) is 5.02 Å². The second-order valence-electron chi connectivity index (χ2n) is 6.70. The van der Waals surface area contributed by atoms with Crippen molar-refractivity contribution in [2.24, 2.45) is 0 Å². The van der Waals surface area contributed by atoms with Crippen LogP contribution in [-0.2, 0) is 6.54 Å². The van der Waals surface area contributed by atoms with Crippen LogP contribution in [0.15, 0.2) is 41.2 Å². The Morgan fingerprint density at radius 3 is 2.63 bits per heavy atom. The molecular weight excluding hydrogens is 362 g/mol. The van der Waals surface area contributed by atoms with Gasteiger partial charge < -0.3 is 9.88 Å². The van der Waals surface area contributed by atoms with E-state index in [0.29, 0.717) is 33.9 Å². The van der Waals surface area contributed by atoms with Crippen LogP contribution in [0, 0.1) is 13.8 Å². The Balaban J connectivity index is 1.94. The van der Waals surface area contributed by atoms with Gasteiger partial charge in [0.2, 0.25) is 0 Å². The summed E-state index contributed by atoms with van der Waals surface area (Å²) in [6.45, 7) is 6.82. The van der Waals surface area contributed by atoms with E-state index in [4.69, 9.17) is 11.6 Å². The number of aryl methyl sites for hydroxylation is 2. The molecule has 0 radical (unpaired) electrons. The van der Waals surface area contributed by atoms with Crippen molar-refractivity contribution in [2.75, 3.05) is 6.54 Å². The van der Waals surface area contributed by atoms with E-state index in [-0.39, 0.29) is 18.0 Å². The van der Waals surface area contributed by atoms with Crippen molar-refractivity contribution in [3.8, 4) is 0 Å². The van der Waals surface area contributed by atoms with Crippen molar-refractivity contribution < 1.29 is 4.79 Å². The minimum absolute atomic E-state index is 0.0752. The lowest BCUT2D eigenvalue weighted by molar-refractivity contribution is 0.0739. The van der Waals surface area contributed by atoms with Crippen molar-refractivity contribution in [3.05, 3.63) is 74.3 Å². The van der Waals surface area contributed by atoms with E-state index < -0.39 is 0 Å². The van der Waals surface area contributed by atoms with Crippen molar-refractivity contribution in [1.29, 1.82) is 0 Å². The number of hydrogen-bond acceptors (Lipinski definition) is 3. The minimum atomic E-state index is -0.234.